The summed E-state index contributed by atoms with van der Waals surface area (Å²) in [6.07, 6.45) is 18.6. The molecule has 0 saturated heterocycles. The number of nitriles is 1. The first-order chi connectivity index (χ1) is 17.1. The van der Waals surface area contributed by atoms with E-state index in [1.54, 1.807) is 12.1 Å². The number of hydrogen-bond donors (Lipinski definition) is 0. The van der Waals surface area contributed by atoms with Crippen LogP contribution in [0.4, 0.5) is 0 Å². The molecule has 0 spiro atoms. The van der Waals surface area contributed by atoms with Crippen LogP contribution in [0.5, 0.6) is 5.75 Å². The van der Waals surface area contributed by atoms with Crippen molar-refractivity contribution in [2.24, 2.45) is 11.3 Å². The molecule has 0 atom stereocenters. The van der Waals surface area contributed by atoms with Crippen LogP contribution < -0.4 is 4.74 Å². The van der Waals surface area contributed by atoms with E-state index in [1.807, 2.05) is 24.5 Å². The van der Waals surface area contributed by atoms with Crippen molar-refractivity contribution >= 4 is 5.97 Å². The van der Waals surface area contributed by atoms with Crippen molar-refractivity contribution in [2.45, 2.75) is 104 Å². The Balaban J connectivity index is 1.44. The maximum absolute atomic E-state index is 12.8. The standard InChI is InChI=1S/C30H41N3O2/c1-3-5-6-7-8-9-10-18-30(23-31)19-16-26(17-20-30)29(34)35-27-14-12-25(13-15-27)28-32-21-24(11-4-2)22-33-28/h12-15,21-22,26H,3-11,16-20H2,1-2H3/t26-,30-. The quantitative estimate of drug-likeness (QED) is 0.167. The third-order valence-electron chi connectivity index (χ3n) is 7.35. The van der Waals surface area contributed by atoms with Gasteiger partial charge in [0.25, 0.3) is 0 Å². The first kappa shape index (κ1) is 26.9. The Morgan fingerprint density at radius 1 is 0.971 bits per heavy atom. The average molecular weight is 476 g/mol. The van der Waals surface area contributed by atoms with Gasteiger partial charge >= 0.3 is 5.97 Å². The van der Waals surface area contributed by atoms with Crippen molar-refractivity contribution in [2.75, 3.05) is 0 Å². The topological polar surface area (TPSA) is 75.9 Å². The summed E-state index contributed by atoms with van der Waals surface area (Å²) in [5, 5.41) is 9.86. The molecule has 1 saturated carbocycles. The average Bonchev–Trinajstić information content (AvgIpc) is 2.89. The van der Waals surface area contributed by atoms with Crippen LogP contribution in [-0.2, 0) is 11.2 Å². The van der Waals surface area contributed by atoms with Gasteiger partial charge in [-0.25, -0.2) is 9.97 Å². The molecular formula is C30H41N3O2. The first-order valence-electron chi connectivity index (χ1n) is 13.6. The third kappa shape index (κ3) is 8.16. The number of carbonyl (C=O) groups is 1. The number of aromatic nitrogens is 2. The highest BCUT2D eigenvalue weighted by molar-refractivity contribution is 5.75. The van der Waals surface area contributed by atoms with Gasteiger partial charge in [-0.1, -0.05) is 65.2 Å². The summed E-state index contributed by atoms with van der Waals surface area (Å²) >= 11 is 0. The summed E-state index contributed by atoms with van der Waals surface area (Å²) in [6, 6.07) is 10.00. The maximum atomic E-state index is 12.8. The number of nitrogens with zero attached hydrogens (tertiary/aromatic N) is 3. The summed E-state index contributed by atoms with van der Waals surface area (Å²) in [5.74, 6) is 0.908. The Kier molecular flexibility index (Phi) is 10.7. The number of esters is 1. The second-order valence-corrected chi connectivity index (χ2v) is 10.1. The molecule has 1 aromatic carbocycles. The van der Waals surface area contributed by atoms with Gasteiger partial charge in [0.15, 0.2) is 5.82 Å². The summed E-state index contributed by atoms with van der Waals surface area (Å²) < 4.78 is 5.68. The van der Waals surface area contributed by atoms with Gasteiger partial charge in [-0.15, -0.1) is 0 Å². The smallest absolute Gasteiger partial charge is 0.314 e. The molecule has 188 valence electrons. The predicted octanol–water partition coefficient (Wildman–Crippen LogP) is 7.84. The van der Waals surface area contributed by atoms with Crippen LogP contribution in [0.3, 0.4) is 0 Å². The van der Waals surface area contributed by atoms with Crippen molar-refractivity contribution in [3.8, 4) is 23.2 Å². The van der Waals surface area contributed by atoms with E-state index in [0.717, 1.165) is 62.5 Å². The molecule has 0 aliphatic heterocycles. The molecule has 5 nitrogen and oxygen atoms in total. The highest BCUT2D eigenvalue weighted by atomic mass is 16.5. The number of carbonyl (C=O) groups excluding carboxylic acids is 1. The molecular weight excluding hydrogens is 434 g/mol. The molecule has 35 heavy (non-hydrogen) atoms. The van der Waals surface area contributed by atoms with Crippen LogP contribution >= 0.6 is 0 Å². The molecule has 1 aliphatic carbocycles. The van der Waals surface area contributed by atoms with Gasteiger partial charge in [0.1, 0.15) is 5.75 Å². The zero-order valence-electron chi connectivity index (χ0n) is 21.6. The fraction of sp³-hybridized carbons (Fsp3) is 0.600. The van der Waals surface area contributed by atoms with Crippen LogP contribution in [-0.4, -0.2) is 15.9 Å². The monoisotopic (exact) mass is 475 g/mol. The minimum Gasteiger partial charge on any atom is -0.426 e. The molecule has 3 rings (SSSR count). The number of hydrogen-bond acceptors (Lipinski definition) is 5. The third-order valence-corrected chi connectivity index (χ3v) is 7.35. The fourth-order valence-electron chi connectivity index (χ4n) is 5.04. The zero-order valence-corrected chi connectivity index (χ0v) is 21.6. The van der Waals surface area contributed by atoms with Crippen LogP contribution in [0.25, 0.3) is 11.4 Å². The largest absolute Gasteiger partial charge is 0.426 e. The van der Waals surface area contributed by atoms with E-state index in [1.165, 1.54) is 38.5 Å². The van der Waals surface area contributed by atoms with Crippen molar-refractivity contribution in [1.29, 1.82) is 5.26 Å². The van der Waals surface area contributed by atoms with Crippen LogP contribution in [0, 0.1) is 22.7 Å². The van der Waals surface area contributed by atoms with Gasteiger partial charge in [-0.05, 0) is 68.4 Å². The molecule has 0 amide bonds. The van der Waals surface area contributed by atoms with Gasteiger partial charge in [0.05, 0.1) is 17.4 Å². The zero-order chi connectivity index (χ0) is 24.9. The Labute approximate surface area is 211 Å². The molecule has 1 fully saturated rings. The lowest BCUT2D eigenvalue weighted by atomic mass is 9.69. The summed E-state index contributed by atoms with van der Waals surface area (Å²) in [7, 11) is 0. The Hall–Kier alpha value is -2.74. The van der Waals surface area contributed by atoms with Gasteiger partial charge in [0.2, 0.25) is 0 Å². The Morgan fingerprint density at radius 2 is 1.60 bits per heavy atom. The lowest BCUT2D eigenvalue weighted by Crippen LogP contribution is -2.31. The highest BCUT2D eigenvalue weighted by Crippen LogP contribution is 2.42. The number of ether oxygens (including phenoxy) is 1. The lowest BCUT2D eigenvalue weighted by Gasteiger charge is -2.34. The second kappa shape index (κ2) is 14.0. The SMILES string of the molecule is CCCCCCCCC[C@]1(C#N)CC[C@H](C(=O)Oc2ccc(-c3ncc(CCC)cn3)cc2)CC1. The Morgan fingerprint density at radius 3 is 2.20 bits per heavy atom. The molecule has 1 aliphatic rings. The molecule has 1 heterocycles. The van der Waals surface area contributed by atoms with Gasteiger partial charge < -0.3 is 4.74 Å². The molecule has 0 N–H and O–H groups in total. The van der Waals surface area contributed by atoms with Crippen LogP contribution in [0.15, 0.2) is 36.7 Å². The summed E-state index contributed by atoms with van der Waals surface area (Å²) in [4.78, 5) is 21.7. The molecule has 5 heteroatoms. The van der Waals surface area contributed by atoms with E-state index in [-0.39, 0.29) is 17.3 Å². The van der Waals surface area contributed by atoms with E-state index in [4.69, 9.17) is 4.74 Å². The van der Waals surface area contributed by atoms with E-state index < -0.39 is 0 Å². The van der Waals surface area contributed by atoms with E-state index in [9.17, 15) is 10.1 Å². The van der Waals surface area contributed by atoms with Crippen molar-refractivity contribution in [1.82, 2.24) is 9.97 Å². The van der Waals surface area contributed by atoms with Crippen LogP contribution in [0.2, 0.25) is 0 Å². The molecule has 2 aromatic rings. The van der Waals surface area contributed by atoms with Crippen LogP contribution in [0.1, 0.15) is 103 Å². The fourth-order valence-corrected chi connectivity index (χ4v) is 5.04. The molecule has 1 aromatic heterocycles. The van der Waals surface area contributed by atoms with Gasteiger partial charge in [0, 0.05) is 18.0 Å². The van der Waals surface area contributed by atoms with Crippen molar-refractivity contribution in [3.05, 3.63) is 42.2 Å². The van der Waals surface area contributed by atoms with Crippen molar-refractivity contribution in [3.63, 3.8) is 0 Å². The highest BCUT2D eigenvalue weighted by Gasteiger charge is 2.37. The lowest BCUT2D eigenvalue weighted by molar-refractivity contribution is -0.140. The molecule has 0 bridgehead atoms. The van der Waals surface area contributed by atoms with E-state index >= 15 is 0 Å². The number of unbranched alkanes of at least 4 members (excludes halogenated alkanes) is 6. The number of rotatable bonds is 13. The molecule has 0 unspecified atom stereocenters. The van der Waals surface area contributed by atoms with E-state index in [2.05, 4.69) is 29.9 Å². The van der Waals surface area contributed by atoms with E-state index in [0.29, 0.717) is 11.6 Å². The maximum Gasteiger partial charge on any atom is 0.314 e. The Bertz CT molecular complexity index is 939. The van der Waals surface area contributed by atoms with Crippen molar-refractivity contribution < 1.29 is 9.53 Å². The minimum atomic E-state index is -0.255. The first-order valence-corrected chi connectivity index (χ1v) is 13.6. The number of benzene rings is 1. The summed E-state index contributed by atoms with van der Waals surface area (Å²) in [5.41, 5.74) is 1.78. The number of aryl methyl sites for hydroxylation is 1. The summed E-state index contributed by atoms with van der Waals surface area (Å²) in [6.45, 7) is 4.38. The normalized spacial score (nSPS) is 19.7. The van der Waals surface area contributed by atoms with Gasteiger partial charge in [-0.3, -0.25) is 4.79 Å². The predicted molar refractivity (Wildman–Crippen MR) is 140 cm³/mol. The molecule has 0 radical (unpaired) electrons. The minimum absolute atomic E-state index is 0.125. The second-order valence-electron chi connectivity index (χ2n) is 10.1. The van der Waals surface area contributed by atoms with Gasteiger partial charge in [-0.2, -0.15) is 5.26 Å².